The first-order valence-electron chi connectivity index (χ1n) is 16.6. The van der Waals surface area contributed by atoms with Crippen molar-refractivity contribution in [3.63, 3.8) is 0 Å². The van der Waals surface area contributed by atoms with Gasteiger partial charge in [0.2, 0.25) is 17.7 Å². The highest BCUT2D eigenvalue weighted by atomic mass is 35.5. The lowest BCUT2D eigenvalue weighted by Gasteiger charge is -2.24. The van der Waals surface area contributed by atoms with Crippen LogP contribution in [0.4, 0.5) is 30.8 Å². The average Bonchev–Trinajstić information content (AvgIpc) is 3.88. The Bertz CT molecular complexity index is 1750. The van der Waals surface area contributed by atoms with E-state index in [2.05, 4.69) is 36.2 Å². The summed E-state index contributed by atoms with van der Waals surface area (Å²) in [6.45, 7) is -1.80. The van der Waals surface area contributed by atoms with E-state index >= 15 is 0 Å². The minimum atomic E-state index is -4.64. The lowest BCUT2D eigenvalue weighted by Crippen LogP contribution is -2.43. The van der Waals surface area contributed by atoms with E-state index in [0.717, 1.165) is 5.56 Å². The Morgan fingerprint density at radius 2 is 1.60 bits per heavy atom. The van der Waals surface area contributed by atoms with Crippen molar-refractivity contribution >= 4 is 52.8 Å². The molecule has 52 heavy (non-hydrogen) atoms. The fraction of sp³-hybridized carbons (Fsp3) is 0.441. The average molecular weight is 748 g/mol. The van der Waals surface area contributed by atoms with Gasteiger partial charge in [-0.25, -0.2) is 4.79 Å². The molecule has 0 aliphatic heterocycles. The zero-order valence-corrected chi connectivity index (χ0v) is 28.5. The molecule has 3 aromatic rings. The molecule has 1 atom stereocenters. The number of hydrogen-bond donors (Lipinski definition) is 6. The summed E-state index contributed by atoms with van der Waals surface area (Å²) in [5.74, 6) is -3.71. The summed E-state index contributed by atoms with van der Waals surface area (Å²) >= 11 is 6.01. The number of alkyl halides is 3. The Kier molecular flexibility index (Phi) is 12.2. The fourth-order valence-corrected chi connectivity index (χ4v) is 5.86. The Morgan fingerprint density at radius 3 is 2.21 bits per heavy atom. The van der Waals surface area contributed by atoms with Crippen LogP contribution in [0.25, 0.3) is 0 Å². The first-order chi connectivity index (χ1) is 24.7. The van der Waals surface area contributed by atoms with Crippen LogP contribution >= 0.6 is 11.6 Å². The Morgan fingerprint density at radius 1 is 0.942 bits per heavy atom. The van der Waals surface area contributed by atoms with Crippen LogP contribution < -0.4 is 26.0 Å². The van der Waals surface area contributed by atoms with Crippen LogP contribution in [0.5, 0.6) is 6.01 Å². The van der Waals surface area contributed by atoms with E-state index < -0.39 is 53.9 Å². The van der Waals surface area contributed by atoms with Gasteiger partial charge < -0.3 is 36.2 Å². The summed E-state index contributed by atoms with van der Waals surface area (Å²) < 4.78 is 43.6. The second-order valence-corrected chi connectivity index (χ2v) is 13.2. The Hall–Kier alpha value is -5.03. The third kappa shape index (κ3) is 11.0. The molecule has 2 saturated carbocycles. The van der Waals surface area contributed by atoms with E-state index in [-0.39, 0.29) is 48.9 Å². The number of ketones is 1. The van der Waals surface area contributed by atoms with Crippen LogP contribution in [0.15, 0.2) is 48.5 Å². The number of hydrogen-bond acceptors (Lipinski definition) is 11. The van der Waals surface area contributed by atoms with Gasteiger partial charge in [0, 0.05) is 29.2 Å². The van der Waals surface area contributed by atoms with E-state index in [4.69, 9.17) is 16.3 Å². The summed E-state index contributed by atoms with van der Waals surface area (Å²) in [7, 11) is 0. The summed E-state index contributed by atoms with van der Waals surface area (Å²) in [6.07, 6.45) is -1.31. The van der Waals surface area contributed by atoms with Gasteiger partial charge in [0.1, 0.15) is 6.04 Å². The molecule has 278 valence electrons. The smallest absolute Gasteiger partial charge is 0.422 e. The van der Waals surface area contributed by atoms with Crippen LogP contribution in [0.3, 0.4) is 0 Å². The number of benzene rings is 2. The number of aliphatic hydroxyl groups excluding tert-OH is 1. The molecule has 2 aliphatic carbocycles. The van der Waals surface area contributed by atoms with Crippen molar-refractivity contribution in [1.29, 1.82) is 0 Å². The molecule has 0 saturated heterocycles. The number of aliphatic carboxylic acids is 1. The van der Waals surface area contributed by atoms with Crippen molar-refractivity contribution in [1.82, 2.24) is 25.6 Å². The van der Waals surface area contributed by atoms with Gasteiger partial charge in [0.25, 0.3) is 11.8 Å². The lowest BCUT2D eigenvalue weighted by atomic mass is 9.84. The lowest BCUT2D eigenvalue weighted by molar-refractivity contribution is -0.154. The highest BCUT2D eigenvalue weighted by Gasteiger charge is 2.45. The van der Waals surface area contributed by atoms with Crippen molar-refractivity contribution in [2.24, 2.45) is 5.92 Å². The molecule has 14 nitrogen and oxygen atoms in total. The third-order valence-electron chi connectivity index (χ3n) is 8.75. The summed E-state index contributed by atoms with van der Waals surface area (Å²) in [5, 5.41) is 30.6. The normalized spacial score (nSPS) is 18.4. The molecular formula is C34H37ClF3N7O7. The second kappa shape index (κ2) is 16.5. The predicted octanol–water partition coefficient (Wildman–Crippen LogP) is 4.51. The van der Waals surface area contributed by atoms with Crippen molar-refractivity contribution in [2.75, 3.05) is 23.8 Å². The quantitative estimate of drug-likeness (QED) is 0.112. The largest absolute Gasteiger partial charge is 0.480 e. The van der Waals surface area contributed by atoms with Gasteiger partial charge in [-0.05, 0) is 92.8 Å². The molecular weight excluding hydrogens is 711 g/mol. The molecule has 18 heteroatoms. The number of aromatic nitrogens is 3. The molecule has 1 aromatic heterocycles. The summed E-state index contributed by atoms with van der Waals surface area (Å²) in [4.78, 5) is 61.6. The number of carboxylic acids is 1. The molecule has 2 aliphatic rings. The number of Topliss-reactive ketones (excluding diaryl/α,β-unsaturated/α-hetero) is 1. The van der Waals surface area contributed by atoms with Gasteiger partial charge in [0.05, 0.1) is 11.6 Å². The van der Waals surface area contributed by atoms with E-state index in [9.17, 15) is 42.6 Å². The Balaban J connectivity index is 1.18. The van der Waals surface area contributed by atoms with Crippen LogP contribution in [0, 0.1) is 5.92 Å². The van der Waals surface area contributed by atoms with Gasteiger partial charge in [-0.15, -0.1) is 0 Å². The monoisotopic (exact) mass is 747 g/mol. The molecule has 2 fully saturated rings. The van der Waals surface area contributed by atoms with E-state index in [0.29, 0.717) is 49.2 Å². The molecule has 5 rings (SSSR count). The van der Waals surface area contributed by atoms with Crippen molar-refractivity contribution < 1.29 is 47.3 Å². The number of aliphatic hydroxyl groups is 1. The number of anilines is 3. The molecule has 2 amide bonds. The Labute approximate surface area is 300 Å². The standard InChI is InChI=1S/C34H37ClF3N7O7/c35-22-7-5-21(6-8-22)33(14-15-33)45-31-42-30(43-32(44-31)52-18-34(36,37)38)40-23-9-3-20(4-10-23)27(48)41-25(29(50)51)13-16-39-28(49)26(47)17-19-1-11-24(46)12-2-19/h3-10,19,24-25,46H,1-2,11-18H2,(H,39,49)(H,41,48)(H,50,51)(H2,40,42,43,44,45)/t19?,24?,25-/m0/s1. The summed E-state index contributed by atoms with van der Waals surface area (Å²) in [6, 6.07) is 10.8. The highest BCUT2D eigenvalue weighted by molar-refractivity contribution is 6.36. The van der Waals surface area contributed by atoms with Crippen molar-refractivity contribution in [2.45, 2.75) is 75.2 Å². The number of nitrogens with zero attached hydrogens (tertiary/aromatic N) is 3. The number of carboxylic acid groups (broad SMARTS) is 1. The summed E-state index contributed by atoms with van der Waals surface area (Å²) in [5.41, 5.74) is 0.744. The molecule has 0 spiro atoms. The molecule has 2 aromatic carbocycles. The maximum Gasteiger partial charge on any atom is 0.422 e. The first kappa shape index (κ1) is 38.2. The van der Waals surface area contributed by atoms with Crippen LogP contribution in [0.1, 0.15) is 67.3 Å². The fourth-order valence-electron chi connectivity index (χ4n) is 5.74. The third-order valence-corrected chi connectivity index (χ3v) is 9.00. The molecule has 0 bridgehead atoms. The van der Waals surface area contributed by atoms with Gasteiger partial charge in [-0.3, -0.25) is 14.4 Å². The van der Waals surface area contributed by atoms with E-state index in [1.807, 2.05) is 12.1 Å². The minimum absolute atomic E-state index is 0.0105. The van der Waals surface area contributed by atoms with Crippen LogP contribution in [-0.4, -0.2) is 80.2 Å². The van der Waals surface area contributed by atoms with E-state index in [1.165, 1.54) is 24.3 Å². The number of carbonyl (C=O) groups excluding carboxylic acids is 3. The molecule has 6 N–H and O–H groups in total. The number of ether oxygens (including phenoxy) is 1. The van der Waals surface area contributed by atoms with Crippen LogP contribution in [-0.2, 0) is 19.9 Å². The van der Waals surface area contributed by atoms with Crippen molar-refractivity contribution in [3.8, 4) is 6.01 Å². The second-order valence-electron chi connectivity index (χ2n) is 12.8. The number of halogens is 4. The van der Waals surface area contributed by atoms with Gasteiger partial charge in [-0.2, -0.15) is 28.1 Å². The maximum atomic E-state index is 12.9. The van der Waals surface area contributed by atoms with Gasteiger partial charge in [-0.1, -0.05) is 23.7 Å². The number of nitrogens with one attached hydrogen (secondary N) is 4. The molecule has 0 unspecified atom stereocenters. The maximum absolute atomic E-state index is 12.9. The highest BCUT2D eigenvalue weighted by Crippen LogP contribution is 2.48. The van der Waals surface area contributed by atoms with Gasteiger partial charge in [0.15, 0.2) is 6.61 Å². The van der Waals surface area contributed by atoms with E-state index in [1.54, 1.807) is 12.1 Å². The predicted molar refractivity (Wildman–Crippen MR) is 181 cm³/mol. The number of carbonyl (C=O) groups is 4. The first-order valence-corrected chi connectivity index (χ1v) is 17.0. The zero-order valence-electron chi connectivity index (χ0n) is 27.7. The topological polar surface area (TPSA) is 205 Å². The van der Waals surface area contributed by atoms with Crippen LogP contribution in [0.2, 0.25) is 5.02 Å². The molecule has 1 heterocycles. The molecule has 0 radical (unpaired) electrons. The SMILES string of the molecule is O=C(CC1CCC(O)CC1)C(=O)NCC[C@H](NC(=O)c1ccc(Nc2nc(NC3(c4ccc(Cl)cc4)CC3)nc(OCC(F)(F)F)n2)cc1)C(=O)O. The van der Waals surface area contributed by atoms with Crippen molar-refractivity contribution in [3.05, 3.63) is 64.7 Å². The number of rotatable bonds is 16. The number of amides is 2. The zero-order chi connectivity index (χ0) is 37.5. The van der Waals surface area contributed by atoms with Gasteiger partial charge >= 0.3 is 18.2 Å². The minimum Gasteiger partial charge on any atom is -0.480 e.